The molecule has 116 valence electrons. The van der Waals surface area contributed by atoms with E-state index < -0.39 is 0 Å². The minimum atomic E-state index is 0.0225. The Balaban J connectivity index is 1.87. The predicted octanol–water partition coefficient (Wildman–Crippen LogP) is 4.07. The van der Waals surface area contributed by atoms with Crippen LogP contribution >= 0.6 is 23.8 Å². The molecule has 3 nitrogen and oxygen atoms in total. The van der Waals surface area contributed by atoms with E-state index in [2.05, 4.69) is 0 Å². The normalized spacial score (nSPS) is 22.0. The molecule has 1 aliphatic carbocycles. The number of hydrogen-bond acceptors (Lipinski definition) is 2. The number of nitrogens with zero attached hydrogens (tertiary/aromatic N) is 2. The monoisotopic (exact) mass is 334 g/mol. The van der Waals surface area contributed by atoms with Crippen LogP contribution in [0.15, 0.2) is 30.0 Å². The largest absolute Gasteiger partial charge is 0.317 e. The third kappa shape index (κ3) is 2.90. The number of amides is 1. The Kier molecular flexibility index (Phi) is 4.50. The number of carbonyl (C=O) groups excluding carboxylic acids is 1. The van der Waals surface area contributed by atoms with Gasteiger partial charge in [-0.2, -0.15) is 0 Å². The fourth-order valence-electron chi connectivity index (χ4n) is 3.16. The first-order valence-corrected chi connectivity index (χ1v) is 8.45. The Hall–Kier alpha value is -1.39. The number of hydrogen-bond donors (Lipinski definition) is 0. The topological polar surface area (TPSA) is 23.6 Å². The average Bonchev–Trinajstić information content (AvgIpc) is 2.74. The molecule has 5 heteroatoms. The van der Waals surface area contributed by atoms with Crippen molar-refractivity contribution in [2.75, 3.05) is 7.05 Å². The zero-order valence-electron chi connectivity index (χ0n) is 12.6. The predicted molar refractivity (Wildman–Crippen MR) is 93.5 cm³/mol. The van der Waals surface area contributed by atoms with Gasteiger partial charge in [0.1, 0.15) is 5.70 Å². The molecule has 1 aromatic rings. The van der Waals surface area contributed by atoms with Gasteiger partial charge < -0.3 is 4.90 Å². The lowest BCUT2D eigenvalue weighted by molar-refractivity contribution is -0.124. The van der Waals surface area contributed by atoms with Gasteiger partial charge in [0.05, 0.1) is 0 Å². The summed E-state index contributed by atoms with van der Waals surface area (Å²) in [6.07, 6.45) is 7.60. The van der Waals surface area contributed by atoms with E-state index in [-0.39, 0.29) is 11.9 Å². The summed E-state index contributed by atoms with van der Waals surface area (Å²) < 4.78 is 0. The highest BCUT2D eigenvalue weighted by atomic mass is 35.5. The summed E-state index contributed by atoms with van der Waals surface area (Å²) in [5, 5.41) is 1.31. The molecule has 3 rings (SSSR count). The molecule has 1 saturated carbocycles. The van der Waals surface area contributed by atoms with E-state index in [1.165, 1.54) is 19.3 Å². The zero-order valence-corrected chi connectivity index (χ0v) is 14.2. The Labute approximate surface area is 141 Å². The summed E-state index contributed by atoms with van der Waals surface area (Å²) in [5.41, 5.74) is 1.59. The third-order valence-corrected chi connectivity index (χ3v) is 5.13. The Morgan fingerprint density at radius 2 is 1.82 bits per heavy atom. The van der Waals surface area contributed by atoms with Crippen molar-refractivity contribution in [3.8, 4) is 0 Å². The van der Waals surface area contributed by atoms with Crippen molar-refractivity contribution in [3.63, 3.8) is 0 Å². The summed E-state index contributed by atoms with van der Waals surface area (Å²) in [7, 11) is 1.87. The van der Waals surface area contributed by atoms with Crippen molar-refractivity contribution in [1.82, 2.24) is 9.80 Å². The van der Waals surface area contributed by atoms with Crippen molar-refractivity contribution in [3.05, 3.63) is 40.5 Å². The lowest BCUT2D eigenvalue weighted by atomic mass is 9.94. The highest BCUT2D eigenvalue weighted by Gasteiger charge is 2.40. The van der Waals surface area contributed by atoms with Gasteiger partial charge in [0.2, 0.25) is 0 Å². The SMILES string of the molecule is CN1C(=S)N(C2CCCCC2)C(=O)/C1=C/c1ccc(Cl)cc1. The van der Waals surface area contributed by atoms with Crippen molar-refractivity contribution in [2.45, 2.75) is 38.1 Å². The van der Waals surface area contributed by atoms with Gasteiger partial charge in [0.15, 0.2) is 5.11 Å². The van der Waals surface area contributed by atoms with Gasteiger partial charge in [-0.15, -0.1) is 0 Å². The van der Waals surface area contributed by atoms with E-state index in [1.807, 2.05) is 47.2 Å². The summed E-state index contributed by atoms with van der Waals surface area (Å²) in [4.78, 5) is 16.4. The van der Waals surface area contributed by atoms with Crippen LogP contribution in [0.4, 0.5) is 0 Å². The first-order valence-electron chi connectivity index (χ1n) is 7.66. The van der Waals surface area contributed by atoms with E-state index >= 15 is 0 Å². The second kappa shape index (κ2) is 6.39. The molecule has 22 heavy (non-hydrogen) atoms. The van der Waals surface area contributed by atoms with E-state index in [0.717, 1.165) is 18.4 Å². The summed E-state index contributed by atoms with van der Waals surface area (Å²) >= 11 is 11.4. The molecule has 0 aromatic heterocycles. The number of benzene rings is 1. The number of likely N-dealkylation sites (N-methyl/N-ethyl adjacent to an activating group) is 1. The van der Waals surface area contributed by atoms with Gasteiger partial charge in [0, 0.05) is 18.1 Å². The lowest BCUT2D eigenvalue weighted by Gasteiger charge is -2.30. The van der Waals surface area contributed by atoms with E-state index in [1.54, 1.807) is 0 Å². The number of thiocarbonyl (C=S) groups is 1. The van der Waals surface area contributed by atoms with Crippen molar-refractivity contribution in [1.29, 1.82) is 0 Å². The molecular weight excluding hydrogens is 316 g/mol. The van der Waals surface area contributed by atoms with Crippen LogP contribution in [-0.2, 0) is 4.79 Å². The molecule has 0 spiro atoms. The van der Waals surface area contributed by atoms with Crippen LogP contribution in [0.5, 0.6) is 0 Å². The van der Waals surface area contributed by atoms with E-state index in [0.29, 0.717) is 15.8 Å². The Bertz CT molecular complexity index is 620. The van der Waals surface area contributed by atoms with Gasteiger partial charge >= 0.3 is 0 Å². The van der Waals surface area contributed by atoms with Gasteiger partial charge in [-0.1, -0.05) is 43.0 Å². The van der Waals surface area contributed by atoms with Crippen LogP contribution in [0, 0.1) is 0 Å². The molecule has 2 aliphatic rings. The maximum Gasteiger partial charge on any atom is 0.277 e. The Morgan fingerprint density at radius 3 is 2.45 bits per heavy atom. The van der Waals surface area contributed by atoms with E-state index in [9.17, 15) is 4.79 Å². The standard InChI is InChI=1S/C17H19ClN2OS/c1-19-15(11-12-7-9-13(18)10-8-12)16(21)20(17(19)22)14-5-3-2-4-6-14/h7-11,14H,2-6H2,1H3/b15-11-. The van der Waals surface area contributed by atoms with Crippen molar-refractivity contribution >= 4 is 40.9 Å². The first-order chi connectivity index (χ1) is 10.6. The van der Waals surface area contributed by atoms with Crippen LogP contribution in [-0.4, -0.2) is 33.9 Å². The molecule has 2 fully saturated rings. The maximum atomic E-state index is 12.8. The molecule has 0 N–H and O–H groups in total. The fraction of sp³-hybridized carbons (Fsp3) is 0.412. The molecule has 0 radical (unpaired) electrons. The highest BCUT2D eigenvalue weighted by Crippen LogP contribution is 2.30. The molecular formula is C17H19ClN2OS. The highest BCUT2D eigenvalue weighted by molar-refractivity contribution is 7.80. The van der Waals surface area contributed by atoms with Crippen LogP contribution in [0.2, 0.25) is 5.02 Å². The minimum Gasteiger partial charge on any atom is -0.317 e. The molecule has 1 aliphatic heterocycles. The molecule has 1 aromatic carbocycles. The maximum absolute atomic E-state index is 12.8. The average molecular weight is 335 g/mol. The smallest absolute Gasteiger partial charge is 0.277 e. The molecule has 1 amide bonds. The fourth-order valence-corrected chi connectivity index (χ4v) is 3.61. The second-order valence-electron chi connectivity index (χ2n) is 5.89. The quantitative estimate of drug-likeness (QED) is 0.601. The summed E-state index contributed by atoms with van der Waals surface area (Å²) in [6, 6.07) is 7.72. The van der Waals surface area contributed by atoms with E-state index in [4.69, 9.17) is 23.8 Å². The van der Waals surface area contributed by atoms with Crippen LogP contribution in [0.1, 0.15) is 37.7 Å². The second-order valence-corrected chi connectivity index (χ2v) is 6.69. The molecule has 0 unspecified atom stereocenters. The van der Waals surface area contributed by atoms with Gasteiger partial charge in [0.25, 0.3) is 5.91 Å². The van der Waals surface area contributed by atoms with Gasteiger partial charge in [-0.3, -0.25) is 9.69 Å². The molecule has 1 saturated heterocycles. The molecule has 0 bridgehead atoms. The van der Waals surface area contributed by atoms with Crippen molar-refractivity contribution < 1.29 is 4.79 Å². The number of rotatable bonds is 2. The van der Waals surface area contributed by atoms with Crippen LogP contribution in [0.25, 0.3) is 6.08 Å². The lowest BCUT2D eigenvalue weighted by Crippen LogP contribution is -2.41. The van der Waals surface area contributed by atoms with Gasteiger partial charge in [-0.25, -0.2) is 0 Å². The number of halogens is 1. The minimum absolute atomic E-state index is 0.0225. The van der Waals surface area contributed by atoms with Crippen LogP contribution < -0.4 is 0 Å². The number of carbonyl (C=O) groups is 1. The summed E-state index contributed by atoms with van der Waals surface area (Å²) in [6.45, 7) is 0. The van der Waals surface area contributed by atoms with Crippen molar-refractivity contribution in [2.24, 2.45) is 0 Å². The Morgan fingerprint density at radius 1 is 1.18 bits per heavy atom. The van der Waals surface area contributed by atoms with Gasteiger partial charge in [-0.05, 0) is 48.8 Å². The summed E-state index contributed by atoms with van der Waals surface area (Å²) in [5.74, 6) is 0.0225. The molecule has 0 atom stereocenters. The first kappa shape index (κ1) is 15.5. The third-order valence-electron chi connectivity index (χ3n) is 4.41. The van der Waals surface area contributed by atoms with Crippen LogP contribution in [0.3, 0.4) is 0 Å². The zero-order chi connectivity index (χ0) is 15.7. The molecule has 1 heterocycles.